The first-order valence-electron chi connectivity index (χ1n) is 9.85. The Hall–Kier alpha value is -2.48. The first kappa shape index (κ1) is 18.9. The van der Waals surface area contributed by atoms with Crippen molar-refractivity contribution in [3.8, 4) is 0 Å². The number of carbonyl (C=O) groups excluding carboxylic acids is 1. The van der Waals surface area contributed by atoms with Gasteiger partial charge in [0.25, 0.3) is 5.89 Å². The minimum absolute atomic E-state index is 0.106. The van der Waals surface area contributed by atoms with Gasteiger partial charge in [0.1, 0.15) is 12.4 Å². The maximum Gasteiger partial charge on any atom is 0.317 e. The Bertz CT molecular complexity index is 783. The number of rotatable bonds is 7. The summed E-state index contributed by atoms with van der Waals surface area (Å²) in [5, 5.41) is 6.97. The maximum atomic E-state index is 12.9. The summed E-state index contributed by atoms with van der Waals surface area (Å²) >= 11 is 0. The highest BCUT2D eigenvalue weighted by atomic mass is 19.1. The molecular weight excluding hydrogens is 363 g/mol. The van der Waals surface area contributed by atoms with Gasteiger partial charge in [-0.25, -0.2) is 9.18 Å². The van der Waals surface area contributed by atoms with Crippen molar-refractivity contribution in [1.82, 2.24) is 20.4 Å². The quantitative estimate of drug-likeness (QED) is 0.788. The normalized spacial score (nSPS) is 17.7. The molecule has 0 atom stereocenters. The van der Waals surface area contributed by atoms with Gasteiger partial charge in [0.05, 0.1) is 6.61 Å². The number of urea groups is 1. The largest absolute Gasteiger partial charge is 0.371 e. The predicted molar refractivity (Wildman–Crippen MR) is 98.9 cm³/mol. The molecule has 1 saturated heterocycles. The fourth-order valence-electron chi connectivity index (χ4n) is 3.32. The number of piperidine rings is 1. The molecule has 2 fully saturated rings. The molecular formula is C20H25FN4O3. The van der Waals surface area contributed by atoms with Crippen molar-refractivity contribution in [3.63, 3.8) is 0 Å². The van der Waals surface area contributed by atoms with Gasteiger partial charge in [-0.2, -0.15) is 4.98 Å². The molecule has 1 aromatic carbocycles. The summed E-state index contributed by atoms with van der Waals surface area (Å²) in [5.74, 6) is 1.85. The molecule has 150 valence electrons. The lowest BCUT2D eigenvalue weighted by Gasteiger charge is -2.30. The van der Waals surface area contributed by atoms with E-state index in [1.165, 1.54) is 25.0 Å². The second kappa shape index (κ2) is 8.68. The summed E-state index contributed by atoms with van der Waals surface area (Å²) in [4.78, 5) is 18.6. The van der Waals surface area contributed by atoms with Crippen molar-refractivity contribution in [2.24, 2.45) is 5.92 Å². The third-order valence-corrected chi connectivity index (χ3v) is 5.26. The lowest BCUT2D eigenvalue weighted by Crippen LogP contribution is -2.43. The van der Waals surface area contributed by atoms with Gasteiger partial charge in [-0.1, -0.05) is 17.3 Å². The maximum absolute atomic E-state index is 12.9. The molecule has 7 nitrogen and oxygen atoms in total. The zero-order valence-electron chi connectivity index (χ0n) is 15.8. The first-order valence-corrected chi connectivity index (χ1v) is 9.85. The van der Waals surface area contributed by atoms with Gasteiger partial charge in [0, 0.05) is 25.6 Å². The average molecular weight is 388 g/mol. The first-order chi connectivity index (χ1) is 13.7. The number of likely N-dealkylation sites (tertiary alicyclic amines) is 1. The zero-order valence-corrected chi connectivity index (χ0v) is 15.8. The lowest BCUT2D eigenvalue weighted by atomic mass is 9.96. The number of carbonyl (C=O) groups is 1. The van der Waals surface area contributed by atoms with Crippen LogP contribution in [0.1, 0.15) is 48.9 Å². The van der Waals surface area contributed by atoms with Gasteiger partial charge in [0.15, 0.2) is 5.82 Å². The second-order valence-corrected chi connectivity index (χ2v) is 7.55. The molecule has 1 aromatic heterocycles. The molecule has 8 heteroatoms. The minimum atomic E-state index is -0.281. The summed E-state index contributed by atoms with van der Waals surface area (Å²) < 4.78 is 23.8. The van der Waals surface area contributed by atoms with E-state index in [1.54, 1.807) is 17.0 Å². The van der Waals surface area contributed by atoms with E-state index in [0.717, 1.165) is 25.0 Å². The van der Waals surface area contributed by atoms with E-state index in [0.29, 0.717) is 43.9 Å². The Morgan fingerprint density at radius 2 is 1.96 bits per heavy atom. The summed E-state index contributed by atoms with van der Waals surface area (Å²) in [6.07, 6.45) is 4.11. The van der Waals surface area contributed by atoms with E-state index in [9.17, 15) is 9.18 Å². The van der Waals surface area contributed by atoms with Crippen LogP contribution in [0.25, 0.3) is 0 Å². The van der Waals surface area contributed by atoms with Crippen LogP contribution in [0.5, 0.6) is 0 Å². The van der Waals surface area contributed by atoms with Crippen LogP contribution in [-0.2, 0) is 17.9 Å². The molecule has 4 rings (SSSR count). The molecule has 1 aliphatic carbocycles. The van der Waals surface area contributed by atoms with E-state index in [4.69, 9.17) is 9.26 Å². The smallest absolute Gasteiger partial charge is 0.317 e. The molecule has 0 radical (unpaired) electrons. The number of amides is 2. The molecule has 0 spiro atoms. The van der Waals surface area contributed by atoms with Gasteiger partial charge in [0.2, 0.25) is 0 Å². The van der Waals surface area contributed by atoms with Crippen molar-refractivity contribution < 1.29 is 18.4 Å². The molecule has 2 aromatic rings. The van der Waals surface area contributed by atoms with Gasteiger partial charge >= 0.3 is 6.03 Å². The predicted octanol–water partition coefficient (Wildman–Crippen LogP) is 3.22. The van der Waals surface area contributed by atoms with Crippen molar-refractivity contribution in [1.29, 1.82) is 0 Å². The topological polar surface area (TPSA) is 80.5 Å². The number of nitrogens with zero attached hydrogens (tertiary/aromatic N) is 3. The van der Waals surface area contributed by atoms with Crippen LogP contribution >= 0.6 is 0 Å². The second-order valence-electron chi connectivity index (χ2n) is 7.55. The van der Waals surface area contributed by atoms with Crippen molar-refractivity contribution in [2.75, 3.05) is 19.7 Å². The standard InChI is InChI=1S/C20H25FN4O3/c21-17-5-3-14(4-6-17)11-22-20(26)25-9-7-16(8-10-25)19-23-18(28-24-19)13-27-12-15-1-2-15/h3-6,15-16H,1-2,7-13H2,(H,22,26). The molecule has 2 heterocycles. The van der Waals surface area contributed by atoms with Crippen LogP contribution in [0.3, 0.4) is 0 Å². The number of benzene rings is 1. The van der Waals surface area contributed by atoms with Crippen LogP contribution < -0.4 is 5.32 Å². The molecule has 28 heavy (non-hydrogen) atoms. The summed E-state index contributed by atoms with van der Waals surface area (Å²) in [7, 11) is 0. The Kier molecular flexibility index (Phi) is 5.85. The minimum Gasteiger partial charge on any atom is -0.371 e. The number of hydrogen-bond donors (Lipinski definition) is 1. The van der Waals surface area contributed by atoms with Crippen molar-refractivity contribution >= 4 is 6.03 Å². The molecule has 2 aliphatic rings. The van der Waals surface area contributed by atoms with Crippen LogP contribution in [0.4, 0.5) is 9.18 Å². The SMILES string of the molecule is O=C(NCc1ccc(F)cc1)N1CCC(c2noc(COCC3CC3)n2)CC1. The van der Waals surface area contributed by atoms with Crippen LogP contribution in [0.15, 0.2) is 28.8 Å². The molecule has 0 bridgehead atoms. The highest BCUT2D eigenvalue weighted by Crippen LogP contribution is 2.29. The van der Waals surface area contributed by atoms with Gasteiger partial charge in [-0.3, -0.25) is 0 Å². The van der Waals surface area contributed by atoms with E-state index in [2.05, 4.69) is 15.5 Å². The molecule has 0 unspecified atom stereocenters. The zero-order chi connectivity index (χ0) is 19.3. The Morgan fingerprint density at radius 3 is 2.68 bits per heavy atom. The van der Waals surface area contributed by atoms with Crippen molar-refractivity contribution in [3.05, 3.63) is 47.4 Å². The summed E-state index contributed by atoms with van der Waals surface area (Å²) in [5.41, 5.74) is 0.868. The fourth-order valence-corrected chi connectivity index (χ4v) is 3.32. The third-order valence-electron chi connectivity index (χ3n) is 5.26. The van der Waals surface area contributed by atoms with Gasteiger partial charge < -0.3 is 19.5 Å². The highest BCUT2D eigenvalue weighted by Gasteiger charge is 2.27. The number of nitrogens with one attached hydrogen (secondary N) is 1. The van der Waals surface area contributed by atoms with Gasteiger partial charge in [-0.15, -0.1) is 0 Å². The van der Waals surface area contributed by atoms with Crippen LogP contribution in [0, 0.1) is 11.7 Å². The summed E-state index contributed by atoms with van der Waals surface area (Å²) in [6.45, 7) is 2.80. The van der Waals surface area contributed by atoms with Crippen LogP contribution in [0.2, 0.25) is 0 Å². The highest BCUT2D eigenvalue weighted by molar-refractivity contribution is 5.74. The molecule has 1 N–H and O–H groups in total. The van der Waals surface area contributed by atoms with E-state index in [1.807, 2.05) is 0 Å². The third kappa shape index (κ3) is 5.07. The van der Waals surface area contributed by atoms with Crippen LogP contribution in [-0.4, -0.2) is 40.8 Å². The monoisotopic (exact) mass is 388 g/mol. The van der Waals surface area contributed by atoms with Gasteiger partial charge in [-0.05, 0) is 49.3 Å². The summed E-state index contributed by atoms with van der Waals surface area (Å²) in [6, 6.07) is 6.02. The Morgan fingerprint density at radius 1 is 1.21 bits per heavy atom. The lowest BCUT2D eigenvalue weighted by molar-refractivity contribution is 0.0894. The fraction of sp³-hybridized carbons (Fsp3) is 0.550. The Labute approximate surface area is 163 Å². The van der Waals surface area contributed by atoms with E-state index in [-0.39, 0.29) is 17.8 Å². The average Bonchev–Trinajstić information content (AvgIpc) is 3.42. The number of halogens is 1. The Balaban J connectivity index is 1.20. The van der Waals surface area contributed by atoms with E-state index < -0.39 is 0 Å². The number of ether oxygens (including phenoxy) is 1. The number of aromatic nitrogens is 2. The molecule has 1 saturated carbocycles. The van der Waals surface area contributed by atoms with E-state index >= 15 is 0 Å². The van der Waals surface area contributed by atoms with Crippen molar-refractivity contribution in [2.45, 2.75) is 44.8 Å². The molecule has 2 amide bonds. The number of hydrogen-bond acceptors (Lipinski definition) is 5. The molecule has 1 aliphatic heterocycles.